The van der Waals surface area contributed by atoms with Crippen molar-refractivity contribution in [3.63, 3.8) is 0 Å². The van der Waals surface area contributed by atoms with Gasteiger partial charge in [0, 0.05) is 23.7 Å². The van der Waals surface area contributed by atoms with E-state index in [1.165, 1.54) is 17.0 Å². The second-order valence-corrected chi connectivity index (χ2v) is 4.74. The van der Waals surface area contributed by atoms with Gasteiger partial charge in [0.05, 0.1) is 6.54 Å². The van der Waals surface area contributed by atoms with Crippen LogP contribution in [-0.4, -0.2) is 41.0 Å². The molecule has 1 unspecified atom stereocenters. The van der Waals surface area contributed by atoms with Crippen molar-refractivity contribution < 1.29 is 19.1 Å². The lowest BCUT2D eigenvalue weighted by atomic mass is 10.1. The van der Waals surface area contributed by atoms with Gasteiger partial charge in [-0.1, -0.05) is 17.7 Å². The van der Waals surface area contributed by atoms with Gasteiger partial charge in [-0.3, -0.25) is 14.5 Å². The number of rotatable bonds is 3. The van der Waals surface area contributed by atoms with E-state index in [-0.39, 0.29) is 30.6 Å². The van der Waals surface area contributed by atoms with E-state index in [2.05, 4.69) is 5.32 Å². The van der Waals surface area contributed by atoms with Crippen molar-refractivity contribution in [3.8, 4) is 0 Å². The van der Waals surface area contributed by atoms with Gasteiger partial charge in [0.1, 0.15) is 11.9 Å². The minimum Gasteiger partial charge on any atom is -0.480 e. The van der Waals surface area contributed by atoms with Crippen molar-refractivity contribution in [2.75, 3.05) is 13.1 Å². The van der Waals surface area contributed by atoms with Crippen LogP contribution >= 0.6 is 11.6 Å². The van der Waals surface area contributed by atoms with E-state index in [0.29, 0.717) is 5.56 Å². The van der Waals surface area contributed by atoms with Gasteiger partial charge >= 0.3 is 5.97 Å². The molecule has 1 aliphatic rings. The lowest BCUT2D eigenvalue weighted by Gasteiger charge is -2.32. The van der Waals surface area contributed by atoms with E-state index in [0.717, 1.165) is 6.07 Å². The first-order valence-electron chi connectivity index (χ1n) is 5.65. The molecule has 1 fully saturated rings. The summed E-state index contributed by atoms with van der Waals surface area (Å²) in [6.07, 6.45) is 0. The van der Waals surface area contributed by atoms with Gasteiger partial charge in [0.25, 0.3) is 0 Å². The number of amides is 1. The zero-order chi connectivity index (χ0) is 14.0. The van der Waals surface area contributed by atoms with Crippen molar-refractivity contribution >= 4 is 23.5 Å². The fourth-order valence-corrected chi connectivity index (χ4v) is 2.13. The SMILES string of the molecule is O=C1CN(Cc2ccc(Cl)cc2F)C(C(=O)O)CN1. The molecule has 1 atom stereocenters. The normalized spacial score (nSPS) is 20.1. The van der Waals surface area contributed by atoms with Crippen LogP contribution in [0.4, 0.5) is 4.39 Å². The number of nitrogens with one attached hydrogen (secondary N) is 1. The fraction of sp³-hybridized carbons (Fsp3) is 0.333. The van der Waals surface area contributed by atoms with Gasteiger partial charge in [0.2, 0.25) is 5.91 Å². The highest BCUT2D eigenvalue weighted by atomic mass is 35.5. The summed E-state index contributed by atoms with van der Waals surface area (Å²) < 4.78 is 13.7. The van der Waals surface area contributed by atoms with Gasteiger partial charge in [0.15, 0.2) is 0 Å². The third kappa shape index (κ3) is 3.21. The van der Waals surface area contributed by atoms with Crippen molar-refractivity contribution in [3.05, 3.63) is 34.6 Å². The molecule has 2 rings (SSSR count). The molecule has 0 aliphatic carbocycles. The topological polar surface area (TPSA) is 69.6 Å². The highest BCUT2D eigenvalue weighted by Gasteiger charge is 2.32. The number of nitrogens with zero attached hydrogens (tertiary/aromatic N) is 1. The predicted octanol–water partition coefficient (Wildman–Crippen LogP) is 0.864. The smallest absolute Gasteiger partial charge is 0.322 e. The summed E-state index contributed by atoms with van der Waals surface area (Å²) in [7, 11) is 0. The number of hydrogen-bond acceptors (Lipinski definition) is 3. The molecular weight excluding hydrogens is 275 g/mol. The van der Waals surface area contributed by atoms with E-state index in [9.17, 15) is 14.0 Å². The van der Waals surface area contributed by atoms with Gasteiger partial charge < -0.3 is 10.4 Å². The summed E-state index contributed by atoms with van der Waals surface area (Å²) in [6, 6.07) is 3.33. The number of halogens is 2. The molecule has 1 amide bonds. The van der Waals surface area contributed by atoms with E-state index < -0.39 is 17.8 Å². The monoisotopic (exact) mass is 286 g/mol. The Kier molecular flexibility index (Phi) is 4.01. The number of carboxylic acid groups (broad SMARTS) is 1. The van der Waals surface area contributed by atoms with Gasteiger partial charge in [-0.05, 0) is 12.1 Å². The fourth-order valence-electron chi connectivity index (χ4n) is 1.97. The molecule has 5 nitrogen and oxygen atoms in total. The maximum Gasteiger partial charge on any atom is 0.322 e. The highest BCUT2D eigenvalue weighted by Crippen LogP contribution is 2.18. The summed E-state index contributed by atoms with van der Waals surface area (Å²) in [5.74, 6) is -1.83. The van der Waals surface area contributed by atoms with Crippen molar-refractivity contribution in [1.29, 1.82) is 0 Å². The standard InChI is InChI=1S/C12H12ClFN2O3/c13-8-2-1-7(9(14)3-8)5-16-6-11(17)15-4-10(16)12(18)19/h1-3,10H,4-6H2,(H,15,17)(H,18,19). The third-order valence-corrected chi connectivity index (χ3v) is 3.19. The number of aliphatic carboxylic acids is 1. The zero-order valence-electron chi connectivity index (χ0n) is 9.90. The number of carbonyl (C=O) groups is 2. The molecule has 2 N–H and O–H groups in total. The maximum absolute atomic E-state index is 13.7. The Morgan fingerprint density at radius 2 is 2.32 bits per heavy atom. The molecule has 1 aromatic carbocycles. The number of piperazine rings is 1. The molecule has 0 spiro atoms. The molecule has 0 aromatic heterocycles. The number of benzene rings is 1. The van der Waals surface area contributed by atoms with Crippen molar-refractivity contribution in [2.45, 2.75) is 12.6 Å². The minimum absolute atomic E-state index is 0.0172. The molecule has 0 radical (unpaired) electrons. The van der Waals surface area contributed by atoms with Crippen LogP contribution in [-0.2, 0) is 16.1 Å². The second kappa shape index (κ2) is 5.54. The Labute approximate surface area is 114 Å². The van der Waals surface area contributed by atoms with Crippen LogP contribution in [0, 0.1) is 5.82 Å². The quantitative estimate of drug-likeness (QED) is 0.865. The first-order valence-corrected chi connectivity index (χ1v) is 6.02. The first kappa shape index (κ1) is 13.8. The average Bonchev–Trinajstić information content (AvgIpc) is 2.32. The summed E-state index contributed by atoms with van der Waals surface area (Å²) in [4.78, 5) is 23.8. The van der Waals surface area contributed by atoms with Gasteiger partial charge in [-0.25, -0.2) is 4.39 Å². The lowest BCUT2D eigenvalue weighted by molar-refractivity contribution is -0.146. The molecule has 1 aromatic rings. The molecule has 7 heteroatoms. The molecule has 19 heavy (non-hydrogen) atoms. The van der Waals surface area contributed by atoms with E-state index >= 15 is 0 Å². The van der Waals surface area contributed by atoms with Crippen molar-refractivity contribution in [2.24, 2.45) is 0 Å². The molecule has 1 aliphatic heterocycles. The third-order valence-electron chi connectivity index (χ3n) is 2.95. The molecular formula is C12H12ClFN2O3. The summed E-state index contributed by atoms with van der Waals surface area (Å²) >= 11 is 5.65. The van der Waals surface area contributed by atoms with Crippen LogP contribution < -0.4 is 5.32 Å². The van der Waals surface area contributed by atoms with E-state index in [1.807, 2.05) is 0 Å². The Balaban J connectivity index is 2.18. The number of carboxylic acids is 1. The average molecular weight is 287 g/mol. The van der Waals surface area contributed by atoms with Crippen LogP contribution in [0.5, 0.6) is 0 Å². The Bertz CT molecular complexity index is 524. The Hall–Kier alpha value is -1.66. The number of carbonyl (C=O) groups excluding carboxylic acids is 1. The Morgan fingerprint density at radius 3 is 2.95 bits per heavy atom. The zero-order valence-corrected chi connectivity index (χ0v) is 10.7. The second-order valence-electron chi connectivity index (χ2n) is 4.30. The molecule has 102 valence electrons. The van der Waals surface area contributed by atoms with Crippen LogP contribution in [0.25, 0.3) is 0 Å². The Morgan fingerprint density at radius 1 is 1.58 bits per heavy atom. The largest absolute Gasteiger partial charge is 0.480 e. The van der Waals surface area contributed by atoms with Gasteiger partial charge in [-0.2, -0.15) is 0 Å². The lowest BCUT2D eigenvalue weighted by Crippen LogP contribution is -2.57. The summed E-state index contributed by atoms with van der Waals surface area (Å²) in [5.41, 5.74) is 0.311. The maximum atomic E-state index is 13.7. The van der Waals surface area contributed by atoms with E-state index in [4.69, 9.17) is 16.7 Å². The van der Waals surface area contributed by atoms with Crippen LogP contribution in [0.3, 0.4) is 0 Å². The minimum atomic E-state index is -1.05. The highest BCUT2D eigenvalue weighted by molar-refractivity contribution is 6.30. The molecule has 1 saturated heterocycles. The van der Waals surface area contributed by atoms with E-state index in [1.54, 1.807) is 0 Å². The van der Waals surface area contributed by atoms with Crippen LogP contribution in [0.1, 0.15) is 5.56 Å². The number of hydrogen-bond donors (Lipinski definition) is 2. The van der Waals surface area contributed by atoms with Crippen molar-refractivity contribution in [1.82, 2.24) is 10.2 Å². The van der Waals surface area contributed by atoms with Gasteiger partial charge in [-0.15, -0.1) is 0 Å². The molecule has 1 heterocycles. The molecule has 0 saturated carbocycles. The van der Waals surface area contributed by atoms with Crippen LogP contribution in [0.2, 0.25) is 5.02 Å². The summed E-state index contributed by atoms with van der Waals surface area (Å²) in [6.45, 7) is -0.00417. The predicted molar refractivity (Wildman–Crippen MR) is 66.3 cm³/mol. The first-order chi connectivity index (χ1) is 8.97. The molecule has 0 bridgehead atoms. The summed E-state index contributed by atoms with van der Waals surface area (Å²) in [5, 5.41) is 11.8. The van der Waals surface area contributed by atoms with Crippen LogP contribution in [0.15, 0.2) is 18.2 Å².